The summed E-state index contributed by atoms with van der Waals surface area (Å²) in [6, 6.07) is 14.8. The molecule has 0 unspecified atom stereocenters. The summed E-state index contributed by atoms with van der Waals surface area (Å²) >= 11 is 0. The molecule has 0 aliphatic carbocycles. The highest BCUT2D eigenvalue weighted by atomic mass is 16.2. The van der Waals surface area contributed by atoms with Crippen molar-refractivity contribution in [2.45, 2.75) is 0 Å². The minimum Gasteiger partial charge on any atom is -0.353 e. The van der Waals surface area contributed by atoms with Crippen LogP contribution in [0.25, 0.3) is 5.69 Å². The third-order valence-corrected chi connectivity index (χ3v) is 5.17. The molecule has 32 heavy (non-hydrogen) atoms. The van der Waals surface area contributed by atoms with Gasteiger partial charge in [-0.25, -0.2) is 19.6 Å². The topological polar surface area (TPSA) is 118 Å². The average Bonchev–Trinajstić information content (AvgIpc) is 3.40. The fraction of sp³-hybridized carbons (Fsp3) is 0.190. The highest BCUT2D eigenvalue weighted by Gasteiger charge is 2.23. The number of nitrogens with one attached hydrogen (secondary N) is 1. The van der Waals surface area contributed by atoms with Crippen molar-refractivity contribution in [1.29, 1.82) is 0 Å². The molecule has 1 N–H and O–H groups in total. The number of nitrogens with zero attached hydrogens (tertiary/aromatic N) is 9. The highest BCUT2D eigenvalue weighted by molar-refractivity contribution is 5.95. The van der Waals surface area contributed by atoms with E-state index >= 15 is 0 Å². The fourth-order valence-electron chi connectivity index (χ4n) is 3.54. The standard InChI is InChI=1S/C21H20N10O/c32-21(16-4-3-5-17(12-16)31-15-25-27-28-31)30-10-8-29(9-11-30)20-13-19(23-14-24-20)26-18-6-1-2-7-22-18/h1-7,12-15H,8-11H2,(H,22,23,24,26). The van der Waals surface area contributed by atoms with Gasteiger partial charge in [-0.05, 0) is 40.8 Å². The summed E-state index contributed by atoms with van der Waals surface area (Å²) in [5.74, 6) is 2.19. The van der Waals surface area contributed by atoms with Crippen molar-refractivity contribution in [3.05, 3.63) is 72.9 Å². The zero-order valence-electron chi connectivity index (χ0n) is 17.1. The molecule has 1 amide bonds. The molecule has 1 aromatic carbocycles. The second-order valence-corrected chi connectivity index (χ2v) is 7.19. The van der Waals surface area contributed by atoms with E-state index in [0.717, 1.165) is 17.3 Å². The van der Waals surface area contributed by atoms with Gasteiger partial charge in [-0.3, -0.25) is 4.79 Å². The zero-order chi connectivity index (χ0) is 21.8. The van der Waals surface area contributed by atoms with Crippen molar-refractivity contribution >= 4 is 23.4 Å². The van der Waals surface area contributed by atoms with Gasteiger partial charge in [-0.2, -0.15) is 0 Å². The molecule has 0 bridgehead atoms. The molecular weight excluding hydrogens is 408 g/mol. The third-order valence-electron chi connectivity index (χ3n) is 5.17. The van der Waals surface area contributed by atoms with Crippen LogP contribution in [0.4, 0.5) is 17.5 Å². The first kappa shape index (κ1) is 19.5. The lowest BCUT2D eigenvalue weighted by Gasteiger charge is -2.35. The largest absolute Gasteiger partial charge is 0.353 e. The summed E-state index contributed by atoms with van der Waals surface area (Å²) in [7, 11) is 0. The van der Waals surface area contributed by atoms with Crippen molar-refractivity contribution in [3.63, 3.8) is 0 Å². The van der Waals surface area contributed by atoms with Gasteiger partial charge in [-0.15, -0.1) is 5.10 Å². The van der Waals surface area contributed by atoms with Gasteiger partial charge < -0.3 is 15.1 Å². The lowest BCUT2D eigenvalue weighted by Crippen LogP contribution is -2.49. The number of hydrogen-bond acceptors (Lipinski definition) is 9. The van der Waals surface area contributed by atoms with Crippen LogP contribution in [0, 0.1) is 0 Å². The molecule has 5 rings (SSSR count). The smallest absolute Gasteiger partial charge is 0.254 e. The van der Waals surface area contributed by atoms with Crippen LogP contribution in [0.2, 0.25) is 0 Å². The number of hydrogen-bond donors (Lipinski definition) is 1. The first-order valence-corrected chi connectivity index (χ1v) is 10.1. The van der Waals surface area contributed by atoms with Gasteiger partial charge in [0.05, 0.1) is 5.69 Å². The Morgan fingerprint density at radius 2 is 1.81 bits per heavy atom. The van der Waals surface area contributed by atoms with Gasteiger partial charge in [0.1, 0.15) is 30.1 Å². The van der Waals surface area contributed by atoms with Gasteiger partial charge in [-0.1, -0.05) is 12.1 Å². The molecule has 3 aromatic heterocycles. The van der Waals surface area contributed by atoms with Crippen LogP contribution in [0.15, 0.2) is 67.4 Å². The summed E-state index contributed by atoms with van der Waals surface area (Å²) in [6.07, 6.45) is 4.75. The minimum atomic E-state index is -0.0141. The van der Waals surface area contributed by atoms with Crippen LogP contribution < -0.4 is 10.2 Å². The Labute approximate surface area is 183 Å². The van der Waals surface area contributed by atoms with Gasteiger partial charge in [0, 0.05) is 44.0 Å². The number of piperazine rings is 1. The van der Waals surface area contributed by atoms with E-state index in [4.69, 9.17) is 0 Å². The molecule has 0 saturated carbocycles. The Morgan fingerprint density at radius 1 is 0.906 bits per heavy atom. The predicted octanol–water partition coefficient (Wildman–Crippen LogP) is 1.55. The van der Waals surface area contributed by atoms with Gasteiger partial charge in [0.25, 0.3) is 5.91 Å². The number of rotatable bonds is 5. The molecule has 4 heterocycles. The molecule has 0 radical (unpaired) electrons. The van der Waals surface area contributed by atoms with Gasteiger partial charge in [0.2, 0.25) is 0 Å². The van der Waals surface area contributed by atoms with Crippen LogP contribution >= 0.6 is 0 Å². The lowest BCUT2D eigenvalue weighted by atomic mass is 10.1. The quantitative estimate of drug-likeness (QED) is 0.505. The van der Waals surface area contributed by atoms with Crippen molar-refractivity contribution < 1.29 is 4.79 Å². The Morgan fingerprint density at radius 3 is 2.59 bits per heavy atom. The third kappa shape index (κ3) is 4.21. The van der Waals surface area contributed by atoms with Crippen LogP contribution in [-0.4, -0.2) is 72.1 Å². The van der Waals surface area contributed by atoms with E-state index < -0.39 is 0 Å². The summed E-state index contributed by atoms with van der Waals surface area (Å²) in [5, 5.41) is 14.3. The monoisotopic (exact) mass is 428 g/mol. The number of anilines is 3. The van der Waals surface area contributed by atoms with Crippen LogP contribution in [0.5, 0.6) is 0 Å². The SMILES string of the molecule is O=C(c1cccc(-n2cnnn2)c1)N1CCN(c2cc(Nc3ccccn3)ncn2)CC1. The number of carbonyl (C=O) groups is 1. The molecule has 0 spiro atoms. The number of pyridine rings is 1. The molecule has 1 saturated heterocycles. The van der Waals surface area contributed by atoms with E-state index in [2.05, 4.69) is 40.7 Å². The fourth-order valence-corrected chi connectivity index (χ4v) is 3.54. The van der Waals surface area contributed by atoms with Crippen molar-refractivity contribution in [1.82, 2.24) is 40.1 Å². The first-order chi connectivity index (χ1) is 15.8. The summed E-state index contributed by atoms with van der Waals surface area (Å²) < 4.78 is 1.53. The highest BCUT2D eigenvalue weighted by Crippen LogP contribution is 2.20. The predicted molar refractivity (Wildman–Crippen MR) is 117 cm³/mol. The number of carbonyl (C=O) groups excluding carboxylic acids is 1. The molecule has 0 atom stereocenters. The van der Waals surface area contributed by atoms with Crippen molar-refractivity contribution in [2.24, 2.45) is 0 Å². The van der Waals surface area contributed by atoms with E-state index in [0.29, 0.717) is 37.6 Å². The normalized spacial score (nSPS) is 13.8. The Balaban J connectivity index is 1.23. The Hall–Kier alpha value is -4.41. The number of benzene rings is 1. The number of amides is 1. The van der Waals surface area contributed by atoms with E-state index in [1.54, 1.807) is 12.3 Å². The van der Waals surface area contributed by atoms with Crippen LogP contribution in [0.3, 0.4) is 0 Å². The molecule has 1 aliphatic heterocycles. The lowest BCUT2D eigenvalue weighted by molar-refractivity contribution is 0.0746. The maximum absolute atomic E-state index is 13.0. The van der Waals surface area contributed by atoms with Crippen molar-refractivity contribution in [2.75, 3.05) is 36.4 Å². The van der Waals surface area contributed by atoms with E-state index in [-0.39, 0.29) is 5.91 Å². The maximum atomic E-state index is 13.0. The summed E-state index contributed by atoms with van der Waals surface area (Å²) in [4.78, 5) is 30.0. The number of tetrazole rings is 1. The Bertz CT molecular complexity index is 1190. The molecular formula is C21H20N10O. The average molecular weight is 428 g/mol. The second kappa shape index (κ2) is 8.76. The molecule has 1 aliphatic rings. The van der Waals surface area contributed by atoms with Gasteiger partial charge in [0.15, 0.2) is 0 Å². The Kier molecular flexibility index (Phi) is 5.35. The summed E-state index contributed by atoms with van der Waals surface area (Å²) in [5.41, 5.74) is 1.35. The van der Waals surface area contributed by atoms with E-state index in [1.165, 1.54) is 17.3 Å². The van der Waals surface area contributed by atoms with Gasteiger partial charge >= 0.3 is 0 Å². The zero-order valence-corrected chi connectivity index (χ0v) is 17.1. The van der Waals surface area contributed by atoms with Crippen LogP contribution in [-0.2, 0) is 0 Å². The molecule has 1 fully saturated rings. The molecule has 160 valence electrons. The maximum Gasteiger partial charge on any atom is 0.254 e. The molecule has 4 aromatic rings. The van der Waals surface area contributed by atoms with Crippen LogP contribution in [0.1, 0.15) is 10.4 Å². The van der Waals surface area contributed by atoms with Crippen molar-refractivity contribution in [3.8, 4) is 5.69 Å². The number of aromatic nitrogens is 7. The molecule has 11 heteroatoms. The second-order valence-electron chi connectivity index (χ2n) is 7.19. The first-order valence-electron chi connectivity index (χ1n) is 10.1. The molecule has 11 nitrogen and oxygen atoms in total. The van der Waals surface area contributed by atoms with E-state index in [1.807, 2.05) is 47.4 Å². The minimum absolute atomic E-state index is 0.0141. The van der Waals surface area contributed by atoms with E-state index in [9.17, 15) is 4.79 Å². The summed E-state index contributed by atoms with van der Waals surface area (Å²) in [6.45, 7) is 2.55.